The van der Waals surface area contributed by atoms with E-state index in [1.165, 1.54) is 25.9 Å². The molecule has 1 aliphatic heterocycles. The number of rotatable bonds is 6. The summed E-state index contributed by atoms with van der Waals surface area (Å²) in [6.45, 7) is 11.5. The van der Waals surface area contributed by atoms with Gasteiger partial charge in [0.1, 0.15) is 12.3 Å². The van der Waals surface area contributed by atoms with Gasteiger partial charge in [0.2, 0.25) is 0 Å². The molecule has 0 radical (unpaired) electrons. The fourth-order valence-corrected chi connectivity index (χ4v) is 2.74. The molecular formula is C17H30N4O. The second kappa shape index (κ2) is 8.83. The predicted octanol–water partition coefficient (Wildman–Crippen LogP) is 2.46. The molecule has 1 aromatic rings. The topological polar surface area (TPSA) is 52.8 Å². The molecular weight excluding hydrogens is 276 g/mol. The van der Waals surface area contributed by atoms with Crippen LogP contribution in [-0.4, -0.2) is 43.1 Å². The van der Waals surface area contributed by atoms with Gasteiger partial charge in [-0.25, -0.2) is 4.99 Å². The van der Waals surface area contributed by atoms with Gasteiger partial charge in [0.25, 0.3) is 0 Å². The standard InChI is InChI=1S/C17H30N4O/c1-4-18-17(20-13-16-6-5-11-22-16)19-12-15(3)21-9-7-14(2)8-10-21/h5-6,11,14-15H,4,7-10,12-13H2,1-3H3,(H2,18,19,20). The van der Waals surface area contributed by atoms with Gasteiger partial charge in [0.15, 0.2) is 5.96 Å². The van der Waals surface area contributed by atoms with Crippen LogP contribution >= 0.6 is 0 Å². The van der Waals surface area contributed by atoms with Gasteiger partial charge in [-0.15, -0.1) is 0 Å². The number of aliphatic imine (C=N–C) groups is 1. The Bertz CT molecular complexity index is 436. The molecule has 1 saturated heterocycles. The third-order valence-corrected chi connectivity index (χ3v) is 4.32. The second-order valence-corrected chi connectivity index (χ2v) is 6.22. The summed E-state index contributed by atoms with van der Waals surface area (Å²) < 4.78 is 5.32. The van der Waals surface area contributed by atoms with Crippen LogP contribution in [0.2, 0.25) is 0 Å². The predicted molar refractivity (Wildman–Crippen MR) is 91.0 cm³/mol. The van der Waals surface area contributed by atoms with Gasteiger partial charge >= 0.3 is 0 Å². The number of hydrogen-bond acceptors (Lipinski definition) is 3. The van der Waals surface area contributed by atoms with Crippen molar-refractivity contribution in [1.29, 1.82) is 0 Å². The van der Waals surface area contributed by atoms with E-state index >= 15 is 0 Å². The largest absolute Gasteiger partial charge is 0.467 e. The fraction of sp³-hybridized carbons (Fsp3) is 0.706. The summed E-state index contributed by atoms with van der Waals surface area (Å²) in [6.07, 6.45) is 4.32. The van der Waals surface area contributed by atoms with Crippen LogP contribution in [0.4, 0.5) is 0 Å². The van der Waals surface area contributed by atoms with E-state index in [4.69, 9.17) is 4.42 Å². The van der Waals surface area contributed by atoms with E-state index in [-0.39, 0.29) is 0 Å². The van der Waals surface area contributed by atoms with Crippen LogP contribution in [0.5, 0.6) is 0 Å². The number of nitrogens with zero attached hydrogens (tertiary/aromatic N) is 2. The van der Waals surface area contributed by atoms with Gasteiger partial charge in [-0.05, 0) is 57.8 Å². The molecule has 5 heteroatoms. The van der Waals surface area contributed by atoms with Crippen molar-refractivity contribution in [2.75, 3.05) is 26.2 Å². The lowest BCUT2D eigenvalue weighted by atomic mass is 9.98. The molecule has 0 aliphatic carbocycles. The van der Waals surface area contributed by atoms with Crippen molar-refractivity contribution in [2.45, 2.75) is 46.2 Å². The lowest BCUT2D eigenvalue weighted by molar-refractivity contribution is 0.147. The SMILES string of the molecule is CCNC(=NCc1ccco1)NCC(C)N1CCC(C)CC1. The molecule has 0 amide bonds. The van der Waals surface area contributed by atoms with Crippen molar-refractivity contribution in [3.63, 3.8) is 0 Å². The molecule has 1 atom stereocenters. The molecule has 22 heavy (non-hydrogen) atoms. The Labute approximate surface area is 134 Å². The quantitative estimate of drug-likeness (QED) is 0.626. The van der Waals surface area contributed by atoms with Crippen molar-refractivity contribution >= 4 is 5.96 Å². The first-order chi connectivity index (χ1) is 10.7. The minimum absolute atomic E-state index is 0.528. The van der Waals surface area contributed by atoms with E-state index in [1.807, 2.05) is 12.1 Å². The Balaban J connectivity index is 1.79. The van der Waals surface area contributed by atoms with E-state index in [2.05, 4.69) is 41.3 Å². The van der Waals surface area contributed by atoms with Crippen LogP contribution in [-0.2, 0) is 6.54 Å². The van der Waals surface area contributed by atoms with Crippen molar-refractivity contribution in [1.82, 2.24) is 15.5 Å². The third-order valence-electron chi connectivity index (χ3n) is 4.32. The summed E-state index contributed by atoms with van der Waals surface area (Å²) in [5, 5.41) is 6.74. The van der Waals surface area contributed by atoms with Gasteiger partial charge < -0.3 is 15.1 Å². The number of hydrogen-bond donors (Lipinski definition) is 2. The van der Waals surface area contributed by atoms with Crippen LogP contribution in [0.1, 0.15) is 39.4 Å². The third kappa shape index (κ3) is 5.37. The summed E-state index contributed by atoms with van der Waals surface area (Å²) in [6, 6.07) is 4.37. The zero-order valence-corrected chi connectivity index (χ0v) is 14.1. The zero-order chi connectivity index (χ0) is 15.8. The first-order valence-corrected chi connectivity index (χ1v) is 8.47. The van der Waals surface area contributed by atoms with Gasteiger partial charge in [0, 0.05) is 19.1 Å². The van der Waals surface area contributed by atoms with E-state index in [9.17, 15) is 0 Å². The lowest BCUT2D eigenvalue weighted by Gasteiger charge is -2.35. The summed E-state index contributed by atoms with van der Waals surface area (Å²) >= 11 is 0. The van der Waals surface area contributed by atoms with Crippen LogP contribution in [0.25, 0.3) is 0 Å². The molecule has 2 rings (SSSR count). The van der Waals surface area contributed by atoms with E-state index in [1.54, 1.807) is 6.26 Å². The van der Waals surface area contributed by atoms with E-state index in [0.717, 1.165) is 30.7 Å². The highest BCUT2D eigenvalue weighted by Gasteiger charge is 2.20. The molecule has 2 heterocycles. The minimum Gasteiger partial charge on any atom is -0.467 e. The molecule has 0 saturated carbocycles. The minimum atomic E-state index is 0.528. The Hall–Kier alpha value is -1.49. The number of likely N-dealkylation sites (tertiary alicyclic amines) is 1. The maximum absolute atomic E-state index is 5.32. The normalized spacial score (nSPS) is 19.1. The van der Waals surface area contributed by atoms with Gasteiger partial charge in [-0.2, -0.15) is 0 Å². The molecule has 5 nitrogen and oxygen atoms in total. The van der Waals surface area contributed by atoms with Crippen molar-refractivity contribution in [3.8, 4) is 0 Å². The first-order valence-electron chi connectivity index (χ1n) is 8.47. The summed E-state index contributed by atoms with van der Waals surface area (Å²) in [7, 11) is 0. The highest BCUT2D eigenvalue weighted by atomic mass is 16.3. The molecule has 1 aliphatic rings. The van der Waals surface area contributed by atoms with Crippen molar-refractivity contribution < 1.29 is 4.42 Å². The van der Waals surface area contributed by atoms with Gasteiger partial charge in [-0.1, -0.05) is 6.92 Å². The van der Waals surface area contributed by atoms with Crippen LogP contribution in [0.15, 0.2) is 27.8 Å². The maximum Gasteiger partial charge on any atom is 0.191 e. The highest BCUT2D eigenvalue weighted by molar-refractivity contribution is 5.79. The summed E-state index contributed by atoms with van der Waals surface area (Å²) in [4.78, 5) is 7.14. The number of nitrogens with one attached hydrogen (secondary N) is 2. The van der Waals surface area contributed by atoms with Crippen LogP contribution in [0, 0.1) is 5.92 Å². The van der Waals surface area contributed by atoms with Crippen molar-refractivity contribution in [3.05, 3.63) is 24.2 Å². The van der Waals surface area contributed by atoms with Crippen molar-refractivity contribution in [2.24, 2.45) is 10.9 Å². The number of guanidine groups is 1. The molecule has 1 aromatic heterocycles. The van der Waals surface area contributed by atoms with Crippen LogP contribution < -0.4 is 10.6 Å². The first kappa shape index (κ1) is 16.9. The zero-order valence-electron chi connectivity index (χ0n) is 14.1. The molecule has 124 valence electrons. The Kier molecular flexibility index (Phi) is 6.77. The Morgan fingerprint density at radius 3 is 2.82 bits per heavy atom. The van der Waals surface area contributed by atoms with Crippen LogP contribution in [0.3, 0.4) is 0 Å². The smallest absolute Gasteiger partial charge is 0.191 e. The number of furan rings is 1. The van der Waals surface area contributed by atoms with E-state index in [0.29, 0.717) is 12.6 Å². The summed E-state index contributed by atoms with van der Waals surface area (Å²) in [5.74, 6) is 2.62. The lowest BCUT2D eigenvalue weighted by Crippen LogP contribution is -2.48. The number of piperidine rings is 1. The maximum atomic E-state index is 5.32. The molecule has 1 fully saturated rings. The van der Waals surface area contributed by atoms with Gasteiger partial charge in [0.05, 0.1) is 6.26 Å². The highest BCUT2D eigenvalue weighted by Crippen LogP contribution is 2.17. The molecule has 0 bridgehead atoms. The monoisotopic (exact) mass is 306 g/mol. The molecule has 0 aromatic carbocycles. The average Bonchev–Trinajstić information content (AvgIpc) is 3.04. The molecule has 0 spiro atoms. The Morgan fingerprint density at radius 1 is 1.41 bits per heavy atom. The average molecular weight is 306 g/mol. The molecule has 2 N–H and O–H groups in total. The van der Waals surface area contributed by atoms with E-state index < -0.39 is 0 Å². The van der Waals surface area contributed by atoms with Gasteiger partial charge in [-0.3, -0.25) is 4.90 Å². The second-order valence-electron chi connectivity index (χ2n) is 6.22. The molecule has 1 unspecified atom stereocenters. The fourth-order valence-electron chi connectivity index (χ4n) is 2.74. The summed E-state index contributed by atoms with van der Waals surface area (Å²) in [5.41, 5.74) is 0. The Morgan fingerprint density at radius 2 is 2.18 bits per heavy atom.